The van der Waals surface area contributed by atoms with E-state index in [-0.39, 0.29) is 6.54 Å². The first-order valence-electron chi connectivity index (χ1n) is 7.37. The van der Waals surface area contributed by atoms with Crippen molar-refractivity contribution in [3.05, 3.63) is 29.3 Å². The third kappa shape index (κ3) is 5.58. The zero-order valence-corrected chi connectivity index (χ0v) is 13.2. The van der Waals surface area contributed by atoms with Gasteiger partial charge in [0.05, 0.1) is 5.56 Å². The second kappa shape index (κ2) is 7.69. The molecule has 0 bridgehead atoms. The molecule has 1 N–H and O–H groups in total. The molecule has 0 spiro atoms. The van der Waals surface area contributed by atoms with Crippen molar-refractivity contribution in [3.63, 3.8) is 0 Å². The Morgan fingerprint density at radius 1 is 1.24 bits per heavy atom. The lowest BCUT2D eigenvalue weighted by atomic mass is 10.0. The molecule has 1 aromatic carbocycles. The van der Waals surface area contributed by atoms with Crippen molar-refractivity contribution in [2.75, 3.05) is 25.0 Å². The molecular weight excluding hydrogens is 277 g/mol. The molecule has 0 amide bonds. The molecule has 0 heterocycles. The second-order valence-electron chi connectivity index (χ2n) is 5.72. The van der Waals surface area contributed by atoms with Crippen LogP contribution < -0.4 is 10.2 Å². The van der Waals surface area contributed by atoms with E-state index in [0.717, 1.165) is 13.0 Å². The monoisotopic (exact) mass is 302 g/mol. The number of hydrogen-bond donors (Lipinski definition) is 1. The largest absolute Gasteiger partial charge is 0.416 e. The van der Waals surface area contributed by atoms with Crippen LogP contribution in [0.5, 0.6) is 0 Å². The minimum absolute atomic E-state index is 0.237. The lowest BCUT2D eigenvalue weighted by Gasteiger charge is -2.23. The van der Waals surface area contributed by atoms with Crippen LogP contribution in [-0.2, 0) is 12.7 Å². The summed E-state index contributed by atoms with van der Waals surface area (Å²) in [5.74, 6) is 0.530. The topological polar surface area (TPSA) is 15.3 Å². The average molecular weight is 302 g/mol. The van der Waals surface area contributed by atoms with E-state index in [9.17, 15) is 13.2 Å². The molecule has 0 unspecified atom stereocenters. The van der Waals surface area contributed by atoms with Gasteiger partial charge in [-0.1, -0.05) is 26.8 Å². The van der Waals surface area contributed by atoms with Crippen LogP contribution in [0, 0.1) is 5.92 Å². The number of hydrogen-bond acceptors (Lipinski definition) is 2. The predicted octanol–water partition coefficient (Wildman–Crippen LogP) is 4.30. The van der Waals surface area contributed by atoms with Crippen molar-refractivity contribution in [3.8, 4) is 0 Å². The molecular formula is C16H25F3N2. The Morgan fingerprint density at radius 2 is 1.90 bits per heavy atom. The van der Waals surface area contributed by atoms with Gasteiger partial charge in [0.25, 0.3) is 0 Å². The molecule has 0 atom stereocenters. The van der Waals surface area contributed by atoms with E-state index in [1.807, 2.05) is 18.9 Å². The van der Waals surface area contributed by atoms with Crippen molar-refractivity contribution in [2.45, 2.75) is 39.9 Å². The summed E-state index contributed by atoms with van der Waals surface area (Å²) in [7, 11) is 1.84. The Hall–Kier alpha value is -1.23. The average Bonchev–Trinajstić information content (AvgIpc) is 2.41. The van der Waals surface area contributed by atoms with Gasteiger partial charge in [-0.3, -0.25) is 0 Å². The summed E-state index contributed by atoms with van der Waals surface area (Å²) >= 11 is 0. The molecule has 1 aromatic rings. The maximum Gasteiger partial charge on any atom is 0.416 e. The number of rotatable bonds is 7. The van der Waals surface area contributed by atoms with Gasteiger partial charge in [0, 0.05) is 25.8 Å². The zero-order valence-electron chi connectivity index (χ0n) is 13.2. The third-order valence-corrected chi connectivity index (χ3v) is 3.45. The van der Waals surface area contributed by atoms with Gasteiger partial charge in [-0.25, -0.2) is 0 Å². The molecule has 21 heavy (non-hydrogen) atoms. The second-order valence-corrected chi connectivity index (χ2v) is 5.72. The summed E-state index contributed by atoms with van der Waals surface area (Å²) in [6.45, 7) is 7.72. The summed E-state index contributed by atoms with van der Waals surface area (Å²) in [5.41, 5.74) is 0.367. The van der Waals surface area contributed by atoms with Gasteiger partial charge in [-0.15, -0.1) is 0 Å². The van der Waals surface area contributed by atoms with Crippen LogP contribution >= 0.6 is 0 Å². The lowest BCUT2D eigenvalue weighted by molar-refractivity contribution is -0.138. The van der Waals surface area contributed by atoms with Crippen LogP contribution in [0.3, 0.4) is 0 Å². The van der Waals surface area contributed by atoms with E-state index >= 15 is 0 Å². The van der Waals surface area contributed by atoms with E-state index in [1.54, 1.807) is 12.1 Å². The first kappa shape index (κ1) is 17.8. The fourth-order valence-electron chi connectivity index (χ4n) is 2.06. The van der Waals surface area contributed by atoms with Crippen LogP contribution in [0.15, 0.2) is 18.2 Å². The number of nitrogens with zero attached hydrogens (tertiary/aromatic N) is 1. The smallest absolute Gasteiger partial charge is 0.375 e. The van der Waals surface area contributed by atoms with Crippen LogP contribution in [0.1, 0.15) is 38.3 Å². The van der Waals surface area contributed by atoms with Gasteiger partial charge >= 0.3 is 6.18 Å². The molecule has 5 heteroatoms. The minimum atomic E-state index is -4.32. The Bertz CT molecular complexity index is 442. The van der Waals surface area contributed by atoms with Crippen LogP contribution in [0.4, 0.5) is 18.9 Å². The molecule has 0 saturated carbocycles. The first-order valence-corrected chi connectivity index (χ1v) is 7.37. The van der Waals surface area contributed by atoms with Gasteiger partial charge in [-0.2, -0.15) is 13.2 Å². The quantitative estimate of drug-likeness (QED) is 0.808. The van der Waals surface area contributed by atoms with Crippen molar-refractivity contribution in [1.82, 2.24) is 5.32 Å². The van der Waals surface area contributed by atoms with E-state index in [4.69, 9.17) is 0 Å². The molecule has 1 rings (SSSR count). The van der Waals surface area contributed by atoms with Gasteiger partial charge in [0.2, 0.25) is 0 Å². The van der Waals surface area contributed by atoms with Crippen molar-refractivity contribution in [1.29, 1.82) is 0 Å². The Balaban J connectivity index is 2.98. The number of anilines is 1. The van der Waals surface area contributed by atoms with Gasteiger partial charge < -0.3 is 10.2 Å². The molecule has 120 valence electrons. The summed E-state index contributed by atoms with van der Waals surface area (Å²) in [6, 6.07) is 4.60. The highest BCUT2D eigenvalue weighted by Crippen LogP contribution is 2.34. The SMILES string of the molecule is CCNCc1ccc(N(C)CCC(C)C)cc1C(F)(F)F. The number of halogens is 3. The summed E-state index contributed by atoms with van der Waals surface area (Å²) in [5, 5.41) is 2.95. The van der Waals surface area contributed by atoms with Gasteiger partial charge in [-0.05, 0) is 36.6 Å². The highest BCUT2D eigenvalue weighted by atomic mass is 19.4. The summed E-state index contributed by atoms with van der Waals surface area (Å²) in [4.78, 5) is 1.88. The highest BCUT2D eigenvalue weighted by molar-refractivity contribution is 5.51. The van der Waals surface area contributed by atoms with Crippen LogP contribution in [0.2, 0.25) is 0 Å². The molecule has 0 radical (unpaired) electrons. The van der Waals surface area contributed by atoms with Crippen molar-refractivity contribution >= 4 is 5.69 Å². The number of benzene rings is 1. The number of nitrogens with one attached hydrogen (secondary N) is 1. The zero-order chi connectivity index (χ0) is 16.0. The van der Waals surface area contributed by atoms with E-state index in [2.05, 4.69) is 19.2 Å². The lowest BCUT2D eigenvalue weighted by Crippen LogP contribution is -2.22. The molecule has 0 saturated heterocycles. The van der Waals surface area contributed by atoms with E-state index in [1.165, 1.54) is 6.07 Å². The predicted molar refractivity (Wildman–Crippen MR) is 81.5 cm³/mol. The fourth-order valence-corrected chi connectivity index (χ4v) is 2.06. The Kier molecular flexibility index (Phi) is 6.52. The fraction of sp³-hybridized carbons (Fsp3) is 0.625. The molecule has 0 aromatic heterocycles. The minimum Gasteiger partial charge on any atom is -0.375 e. The van der Waals surface area contributed by atoms with Gasteiger partial charge in [0.15, 0.2) is 0 Å². The third-order valence-electron chi connectivity index (χ3n) is 3.45. The molecule has 0 aliphatic rings. The number of alkyl halides is 3. The normalized spacial score (nSPS) is 12.0. The standard InChI is InChI=1S/C16H25F3N2/c1-5-20-11-13-6-7-14(10-15(13)16(17,18)19)21(4)9-8-12(2)3/h6-7,10,12,20H,5,8-9,11H2,1-4H3. The van der Waals surface area contributed by atoms with Crippen molar-refractivity contribution in [2.24, 2.45) is 5.92 Å². The molecule has 0 fully saturated rings. The van der Waals surface area contributed by atoms with Crippen LogP contribution in [0.25, 0.3) is 0 Å². The molecule has 0 aliphatic carbocycles. The molecule has 2 nitrogen and oxygen atoms in total. The summed E-state index contributed by atoms with van der Waals surface area (Å²) < 4.78 is 39.6. The van der Waals surface area contributed by atoms with E-state index < -0.39 is 11.7 Å². The van der Waals surface area contributed by atoms with Crippen LogP contribution in [-0.4, -0.2) is 20.1 Å². The maximum atomic E-state index is 13.2. The molecule has 0 aliphatic heterocycles. The highest BCUT2D eigenvalue weighted by Gasteiger charge is 2.33. The Morgan fingerprint density at radius 3 is 2.43 bits per heavy atom. The van der Waals surface area contributed by atoms with Crippen molar-refractivity contribution < 1.29 is 13.2 Å². The van der Waals surface area contributed by atoms with Gasteiger partial charge in [0.1, 0.15) is 0 Å². The Labute approximate surface area is 125 Å². The first-order chi connectivity index (χ1) is 9.75. The van der Waals surface area contributed by atoms with E-state index in [0.29, 0.717) is 23.7 Å². The summed E-state index contributed by atoms with van der Waals surface area (Å²) in [6.07, 6.45) is -3.36. The maximum absolute atomic E-state index is 13.2.